The van der Waals surface area contributed by atoms with Gasteiger partial charge in [-0.25, -0.2) is 17.8 Å². The second-order valence-corrected chi connectivity index (χ2v) is 17.7. The summed E-state index contributed by atoms with van der Waals surface area (Å²) in [6.45, 7) is 12.7. The number of carbonyl (C=O) groups is 2. The van der Waals surface area contributed by atoms with E-state index in [2.05, 4.69) is 20.9 Å². The van der Waals surface area contributed by atoms with E-state index in [4.69, 9.17) is 0 Å². The van der Waals surface area contributed by atoms with Crippen molar-refractivity contribution >= 4 is 43.4 Å². The Kier molecular flexibility index (Phi) is 13.1. The van der Waals surface area contributed by atoms with E-state index in [-0.39, 0.29) is 42.7 Å². The van der Waals surface area contributed by atoms with E-state index in [0.29, 0.717) is 11.1 Å². The molecule has 51 heavy (non-hydrogen) atoms. The summed E-state index contributed by atoms with van der Waals surface area (Å²) in [5.41, 5.74) is 2.38. The summed E-state index contributed by atoms with van der Waals surface area (Å²) in [4.78, 5) is 31.6. The molecule has 10 nitrogen and oxygen atoms in total. The third kappa shape index (κ3) is 10.9. The molecule has 0 saturated heterocycles. The molecule has 0 aliphatic carbocycles. The molecule has 4 rings (SSSR count). The molecular formula is C38H50FN5O5S2. The number of benzene rings is 3. The van der Waals surface area contributed by atoms with Gasteiger partial charge in [-0.1, -0.05) is 77.1 Å². The van der Waals surface area contributed by atoms with Gasteiger partial charge in [0.25, 0.3) is 0 Å². The van der Waals surface area contributed by atoms with Crippen LogP contribution in [0.1, 0.15) is 59.6 Å². The number of sulfonamides is 1. The molecule has 1 heterocycles. The first-order chi connectivity index (χ1) is 23.9. The summed E-state index contributed by atoms with van der Waals surface area (Å²) in [6, 6.07) is 18.3. The predicted molar refractivity (Wildman–Crippen MR) is 200 cm³/mol. The third-order valence-electron chi connectivity index (χ3n) is 8.66. The van der Waals surface area contributed by atoms with Crippen molar-refractivity contribution < 1.29 is 27.5 Å². The van der Waals surface area contributed by atoms with E-state index < -0.39 is 51.0 Å². The maximum absolute atomic E-state index is 14.0. The maximum atomic E-state index is 14.0. The lowest BCUT2D eigenvalue weighted by Crippen LogP contribution is -2.59. The van der Waals surface area contributed by atoms with Crippen LogP contribution in [0.15, 0.2) is 83.2 Å². The molecule has 0 fully saturated rings. The number of halogens is 1. The fourth-order valence-corrected chi connectivity index (χ4v) is 8.18. The van der Waals surface area contributed by atoms with Crippen molar-refractivity contribution in [2.24, 2.45) is 11.3 Å². The minimum atomic E-state index is -4.04. The van der Waals surface area contributed by atoms with Crippen molar-refractivity contribution in [3.63, 3.8) is 0 Å². The number of hydrogen-bond donors (Lipinski definition) is 4. The highest BCUT2D eigenvalue weighted by molar-refractivity contribution is 7.89. The Morgan fingerprint density at radius 2 is 1.65 bits per heavy atom. The van der Waals surface area contributed by atoms with Gasteiger partial charge >= 0.3 is 0 Å². The van der Waals surface area contributed by atoms with Gasteiger partial charge in [0.05, 0.1) is 39.3 Å². The number of nitrogens with zero attached hydrogens (tertiary/aromatic N) is 2. The molecule has 3 atom stereocenters. The van der Waals surface area contributed by atoms with Crippen molar-refractivity contribution in [2.75, 3.05) is 19.6 Å². The Morgan fingerprint density at radius 1 is 0.941 bits per heavy atom. The first-order valence-electron chi connectivity index (χ1n) is 17.0. The Hall–Kier alpha value is -3.75. The van der Waals surface area contributed by atoms with E-state index in [0.717, 1.165) is 10.3 Å². The molecular weight excluding hydrogens is 690 g/mol. The molecule has 3 aromatic carbocycles. The number of aliphatic hydroxyl groups is 1. The Bertz CT molecular complexity index is 1890. The smallest absolute Gasteiger partial charge is 0.243 e. The van der Waals surface area contributed by atoms with Gasteiger partial charge in [-0.3, -0.25) is 14.9 Å². The summed E-state index contributed by atoms with van der Waals surface area (Å²) in [5, 5.41) is 20.7. The number of hydrogen-bond acceptors (Lipinski definition) is 8. The molecule has 0 radical (unpaired) electrons. The van der Waals surface area contributed by atoms with Crippen LogP contribution >= 0.6 is 11.3 Å². The number of carbonyl (C=O) groups excluding carboxylic acids is 2. The topological polar surface area (TPSA) is 141 Å². The van der Waals surface area contributed by atoms with Crippen LogP contribution in [0.4, 0.5) is 4.39 Å². The number of rotatable bonds is 16. The van der Waals surface area contributed by atoms with Crippen molar-refractivity contribution in [1.82, 2.24) is 25.2 Å². The minimum Gasteiger partial charge on any atom is -0.390 e. The highest BCUT2D eigenvalue weighted by atomic mass is 32.2. The Labute approximate surface area is 304 Å². The molecule has 4 aromatic rings. The molecule has 0 aliphatic rings. The van der Waals surface area contributed by atoms with E-state index in [9.17, 15) is 27.5 Å². The molecule has 1 aromatic heterocycles. The van der Waals surface area contributed by atoms with Crippen LogP contribution in [0.5, 0.6) is 0 Å². The zero-order valence-electron chi connectivity index (χ0n) is 30.3. The zero-order valence-corrected chi connectivity index (χ0v) is 31.9. The van der Waals surface area contributed by atoms with Crippen LogP contribution in [0.3, 0.4) is 0 Å². The van der Waals surface area contributed by atoms with Crippen molar-refractivity contribution in [2.45, 2.75) is 83.5 Å². The second kappa shape index (κ2) is 16.7. The molecule has 13 heteroatoms. The van der Waals surface area contributed by atoms with E-state index >= 15 is 0 Å². The van der Waals surface area contributed by atoms with Gasteiger partial charge in [0.15, 0.2) is 0 Å². The average molecular weight is 740 g/mol. The zero-order chi connectivity index (χ0) is 37.6. The highest BCUT2D eigenvalue weighted by Gasteiger charge is 2.37. The molecule has 0 bridgehead atoms. The van der Waals surface area contributed by atoms with Gasteiger partial charge in [-0.2, -0.15) is 4.31 Å². The number of amides is 2. The average Bonchev–Trinajstić information content (AvgIpc) is 3.54. The number of nitrogens with one attached hydrogen (secondary N) is 3. The molecule has 0 saturated carbocycles. The predicted octanol–water partition coefficient (Wildman–Crippen LogP) is 5.23. The maximum Gasteiger partial charge on any atom is 0.243 e. The number of aromatic nitrogens is 1. The van der Waals surface area contributed by atoms with Gasteiger partial charge in [0.1, 0.15) is 11.9 Å². The van der Waals surface area contributed by atoms with Crippen LogP contribution in [0.25, 0.3) is 10.2 Å². The summed E-state index contributed by atoms with van der Waals surface area (Å²) >= 11 is 1.34. The fourth-order valence-electron chi connectivity index (χ4n) is 5.74. The molecule has 2 amide bonds. The normalized spacial score (nSPS) is 14.4. The van der Waals surface area contributed by atoms with Crippen molar-refractivity contribution in [3.05, 3.63) is 95.3 Å². The molecule has 0 spiro atoms. The van der Waals surface area contributed by atoms with E-state index in [1.165, 1.54) is 33.8 Å². The summed E-state index contributed by atoms with van der Waals surface area (Å²) < 4.78 is 43.9. The quantitative estimate of drug-likeness (QED) is 0.124. The number of aliphatic hydroxyl groups excluding tert-OH is 1. The van der Waals surface area contributed by atoms with Gasteiger partial charge < -0.3 is 15.7 Å². The lowest BCUT2D eigenvalue weighted by Gasteiger charge is -2.35. The Morgan fingerprint density at radius 3 is 2.29 bits per heavy atom. The van der Waals surface area contributed by atoms with Gasteiger partial charge in [-0.15, -0.1) is 11.3 Å². The first-order valence-corrected chi connectivity index (χ1v) is 19.3. The van der Waals surface area contributed by atoms with Crippen LogP contribution < -0.4 is 16.0 Å². The van der Waals surface area contributed by atoms with Crippen molar-refractivity contribution in [1.29, 1.82) is 0 Å². The minimum absolute atomic E-state index is 0.0544. The summed E-state index contributed by atoms with van der Waals surface area (Å²) in [6.07, 6.45) is -1.09. The van der Waals surface area contributed by atoms with E-state index in [1.807, 2.05) is 78.8 Å². The SMILES string of the molecule is CC(C)CN(C[C@@H](O)[C@H](Cc1ccccc1)NC(=O)[C@@H](NC(=O)CNC(C)(C)c1cccc(F)c1)C(C)(C)C)S(=O)(=O)c1ccc2ncsc2c1. The number of fused-ring (bicyclic) bond motifs is 1. The standard InChI is InChI=1S/C38H50FN5O5S2/c1-25(2)22-44(51(48,49)29-16-17-30-33(20-29)50-24-40-30)23-32(45)31(18-26-12-9-8-10-13-26)42-36(47)35(37(3,4)5)43-34(46)21-41-38(6,7)27-14-11-15-28(39)19-27/h8-17,19-20,24-25,31-32,35,41,45H,18,21-23H2,1-7H3,(H,42,47)(H,43,46)/t31-,32+,35+/m0/s1. The second-order valence-electron chi connectivity index (χ2n) is 14.9. The summed E-state index contributed by atoms with van der Waals surface area (Å²) in [7, 11) is -4.04. The Balaban J connectivity index is 1.55. The van der Waals surface area contributed by atoms with Crippen LogP contribution in [0, 0.1) is 17.2 Å². The summed E-state index contributed by atoms with van der Waals surface area (Å²) in [5.74, 6) is -1.40. The van der Waals surface area contributed by atoms with Crippen LogP contribution in [-0.4, -0.2) is 72.4 Å². The van der Waals surface area contributed by atoms with Gasteiger partial charge in [0, 0.05) is 18.6 Å². The highest BCUT2D eigenvalue weighted by Crippen LogP contribution is 2.26. The fraction of sp³-hybridized carbons (Fsp3) is 0.447. The largest absolute Gasteiger partial charge is 0.390 e. The van der Waals surface area contributed by atoms with Crippen LogP contribution in [-0.2, 0) is 31.6 Å². The molecule has 0 aliphatic heterocycles. The first kappa shape index (κ1) is 40.0. The van der Waals surface area contributed by atoms with E-state index in [1.54, 1.807) is 29.8 Å². The molecule has 276 valence electrons. The van der Waals surface area contributed by atoms with Crippen molar-refractivity contribution in [3.8, 4) is 0 Å². The van der Waals surface area contributed by atoms with Gasteiger partial charge in [0.2, 0.25) is 21.8 Å². The lowest BCUT2D eigenvalue weighted by atomic mass is 9.85. The molecule has 0 unspecified atom stereocenters. The van der Waals surface area contributed by atoms with Crippen LogP contribution in [0.2, 0.25) is 0 Å². The number of thiazole rings is 1. The lowest BCUT2D eigenvalue weighted by molar-refractivity contribution is -0.132. The molecule has 4 N–H and O–H groups in total. The third-order valence-corrected chi connectivity index (χ3v) is 11.3. The van der Waals surface area contributed by atoms with Gasteiger partial charge in [-0.05, 0) is 73.1 Å². The monoisotopic (exact) mass is 739 g/mol.